The van der Waals surface area contributed by atoms with Gasteiger partial charge in [-0.15, -0.1) is 0 Å². The van der Waals surface area contributed by atoms with Crippen molar-refractivity contribution in [1.82, 2.24) is 20.5 Å². The first-order valence-corrected chi connectivity index (χ1v) is 11.2. The number of nitrogens with zero attached hydrogens (tertiary/aromatic N) is 5. The van der Waals surface area contributed by atoms with Crippen molar-refractivity contribution in [2.75, 3.05) is 69.7 Å². The smallest absolute Gasteiger partial charge is 0.191 e. The molecule has 0 unspecified atom stereocenters. The van der Waals surface area contributed by atoms with E-state index in [1.54, 1.807) is 0 Å². The lowest BCUT2D eigenvalue weighted by Crippen LogP contribution is -2.45. The van der Waals surface area contributed by atoms with Gasteiger partial charge in [-0.2, -0.15) is 0 Å². The lowest BCUT2D eigenvalue weighted by atomic mass is 10.2. The summed E-state index contributed by atoms with van der Waals surface area (Å²) in [5, 5.41) is 6.91. The van der Waals surface area contributed by atoms with Crippen molar-refractivity contribution in [2.24, 2.45) is 4.99 Å². The van der Waals surface area contributed by atoms with Gasteiger partial charge in [0.2, 0.25) is 0 Å². The van der Waals surface area contributed by atoms with Crippen LogP contribution in [-0.4, -0.2) is 75.8 Å². The standard InChI is InChI=1S/C24H37N7/c1-5-30(22-10-6-8-20(2)18-22)13-12-27-24(25-3)28-19-21-9-7-11-26-23(21)31-16-14-29(4)15-17-31/h6-11,18H,5,12-17,19H2,1-4H3,(H2,25,27,28). The van der Waals surface area contributed by atoms with Gasteiger partial charge in [-0.1, -0.05) is 18.2 Å². The van der Waals surface area contributed by atoms with E-state index in [1.807, 2.05) is 19.3 Å². The summed E-state index contributed by atoms with van der Waals surface area (Å²) in [4.78, 5) is 16.2. The molecule has 2 aromatic rings. The Morgan fingerprint density at radius 1 is 1.13 bits per heavy atom. The number of rotatable bonds is 8. The molecule has 1 aliphatic rings. The minimum Gasteiger partial charge on any atom is -0.370 e. The summed E-state index contributed by atoms with van der Waals surface area (Å²) in [6, 6.07) is 12.8. The van der Waals surface area contributed by atoms with Crippen molar-refractivity contribution in [1.29, 1.82) is 0 Å². The van der Waals surface area contributed by atoms with Crippen LogP contribution in [0, 0.1) is 6.92 Å². The SMILES string of the molecule is CCN(CCNC(=NC)NCc1cccnc1N1CCN(C)CC1)c1cccc(C)c1. The van der Waals surface area contributed by atoms with Crippen molar-refractivity contribution < 1.29 is 0 Å². The Labute approximate surface area is 187 Å². The number of aromatic nitrogens is 1. The number of nitrogens with one attached hydrogen (secondary N) is 2. The summed E-state index contributed by atoms with van der Waals surface area (Å²) in [7, 11) is 3.99. The van der Waals surface area contributed by atoms with E-state index >= 15 is 0 Å². The van der Waals surface area contributed by atoms with E-state index in [9.17, 15) is 0 Å². The number of aryl methyl sites for hydroxylation is 1. The first-order valence-electron chi connectivity index (χ1n) is 11.2. The van der Waals surface area contributed by atoms with Crippen LogP contribution in [0.2, 0.25) is 0 Å². The average molecular weight is 424 g/mol. The molecule has 0 amide bonds. The van der Waals surface area contributed by atoms with E-state index in [1.165, 1.54) is 16.8 Å². The minimum absolute atomic E-state index is 0.699. The van der Waals surface area contributed by atoms with Gasteiger partial charge < -0.3 is 25.3 Å². The normalized spacial score (nSPS) is 15.1. The molecule has 0 radical (unpaired) electrons. The quantitative estimate of drug-likeness (QED) is 0.502. The Bertz CT molecular complexity index is 843. The van der Waals surface area contributed by atoms with Crippen molar-refractivity contribution in [2.45, 2.75) is 20.4 Å². The number of aliphatic imine (C=N–C) groups is 1. The maximum Gasteiger partial charge on any atom is 0.191 e. The van der Waals surface area contributed by atoms with E-state index in [0.717, 1.165) is 57.6 Å². The highest BCUT2D eigenvalue weighted by atomic mass is 15.3. The molecule has 0 atom stereocenters. The minimum atomic E-state index is 0.699. The molecule has 0 bridgehead atoms. The van der Waals surface area contributed by atoms with Crippen molar-refractivity contribution >= 4 is 17.5 Å². The van der Waals surface area contributed by atoms with Gasteiger partial charge in [0.15, 0.2) is 5.96 Å². The molecule has 2 heterocycles. The van der Waals surface area contributed by atoms with E-state index in [2.05, 4.69) is 86.5 Å². The summed E-state index contributed by atoms with van der Waals surface area (Å²) in [5.74, 6) is 1.89. The zero-order chi connectivity index (χ0) is 22.1. The van der Waals surface area contributed by atoms with Gasteiger partial charge in [0, 0.05) is 76.9 Å². The molecule has 0 saturated carbocycles. The molecular formula is C24H37N7. The second kappa shape index (κ2) is 11.6. The number of hydrogen-bond acceptors (Lipinski definition) is 5. The average Bonchev–Trinajstić information content (AvgIpc) is 2.79. The van der Waals surface area contributed by atoms with E-state index < -0.39 is 0 Å². The Hall–Kier alpha value is -2.80. The molecule has 1 aliphatic heterocycles. The zero-order valence-electron chi connectivity index (χ0n) is 19.4. The number of guanidine groups is 1. The Morgan fingerprint density at radius 2 is 1.94 bits per heavy atom. The highest BCUT2D eigenvalue weighted by molar-refractivity contribution is 5.79. The summed E-state index contributed by atoms with van der Waals surface area (Å²) >= 11 is 0. The topological polar surface area (TPSA) is 59.0 Å². The summed E-state index contributed by atoms with van der Waals surface area (Å²) < 4.78 is 0. The maximum absolute atomic E-state index is 4.67. The fourth-order valence-electron chi connectivity index (χ4n) is 3.87. The molecule has 1 fully saturated rings. The molecule has 0 spiro atoms. The fraction of sp³-hybridized carbons (Fsp3) is 0.500. The van der Waals surface area contributed by atoms with Crippen molar-refractivity contribution in [3.8, 4) is 0 Å². The molecule has 0 aliphatic carbocycles. The molecule has 3 rings (SSSR count). The monoisotopic (exact) mass is 423 g/mol. The van der Waals surface area contributed by atoms with Crippen LogP contribution in [0.5, 0.6) is 0 Å². The van der Waals surface area contributed by atoms with Crippen LogP contribution in [0.25, 0.3) is 0 Å². The third kappa shape index (κ3) is 6.59. The molecule has 1 aromatic carbocycles. The number of hydrogen-bond donors (Lipinski definition) is 2. The summed E-state index contributed by atoms with van der Waals surface area (Å²) in [6.45, 7) is 11.9. The van der Waals surface area contributed by atoms with E-state index in [-0.39, 0.29) is 0 Å². The van der Waals surface area contributed by atoms with Gasteiger partial charge in [0.05, 0.1) is 0 Å². The second-order valence-corrected chi connectivity index (χ2v) is 8.05. The molecule has 1 aromatic heterocycles. The van der Waals surface area contributed by atoms with Gasteiger partial charge in [-0.25, -0.2) is 4.98 Å². The van der Waals surface area contributed by atoms with Gasteiger partial charge in [0.25, 0.3) is 0 Å². The number of pyridine rings is 1. The largest absolute Gasteiger partial charge is 0.370 e. The Balaban J connectivity index is 1.52. The molecule has 1 saturated heterocycles. The molecule has 168 valence electrons. The molecule has 2 N–H and O–H groups in total. The summed E-state index contributed by atoms with van der Waals surface area (Å²) in [5.41, 5.74) is 3.75. The van der Waals surface area contributed by atoms with Crippen LogP contribution in [0.3, 0.4) is 0 Å². The Morgan fingerprint density at radius 3 is 2.65 bits per heavy atom. The molecule has 7 nitrogen and oxygen atoms in total. The first-order chi connectivity index (χ1) is 15.1. The fourth-order valence-corrected chi connectivity index (χ4v) is 3.87. The van der Waals surface area contributed by atoms with Gasteiger partial charge in [0.1, 0.15) is 5.82 Å². The van der Waals surface area contributed by atoms with Crippen LogP contribution in [-0.2, 0) is 6.54 Å². The second-order valence-electron chi connectivity index (χ2n) is 8.05. The maximum atomic E-state index is 4.67. The van der Waals surface area contributed by atoms with Gasteiger partial charge >= 0.3 is 0 Å². The molecule has 7 heteroatoms. The predicted octanol–water partition coefficient (Wildman–Crippen LogP) is 2.33. The number of piperazine rings is 1. The lowest BCUT2D eigenvalue weighted by Gasteiger charge is -2.34. The third-order valence-electron chi connectivity index (χ3n) is 5.76. The predicted molar refractivity (Wildman–Crippen MR) is 131 cm³/mol. The van der Waals surface area contributed by atoms with Crippen LogP contribution in [0.15, 0.2) is 47.6 Å². The number of benzene rings is 1. The van der Waals surface area contributed by atoms with Crippen LogP contribution in [0.4, 0.5) is 11.5 Å². The highest BCUT2D eigenvalue weighted by Crippen LogP contribution is 2.18. The van der Waals surface area contributed by atoms with Crippen molar-refractivity contribution in [3.05, 3.63) is 53.7 Å². The molecular weight excluding hydrogens is 386 g/mol. The van der Waals surface area contributed by atoms with E-state index in [4.69, 9.17) is 0 Å². The van der Waals surface area contributed by atoms with Crippen molar-refractivity contribution in [3.63, 3.8) is 0 Å². The zero-order valence-corrected chi connectivity index (χ0v) is 19.4. The lowest BCUT2D eigenvalue weighted by molar-refractivity contribution is 0.312. The van der Waals surface area contributed by atoms with Gasteiger partial charge in [-0.05, 0) is 44.7 Å². The first kappa shape index (κ1) is 22.9. The third-order valence-corrected chi connectivity index (χ3v) is 5.76. The highest BCUT2D eigenvalue weighted by Gasteiger charge is 2.18. The van der Waals surface area contributed by atoms with Crippen LogP contribution < -0.4 is 20.4 Å². The van der Waals surface area contributed by atoms with Crippen LogP contribution >= 0.6 is 0 Å². The number of likely N-dealkylation sites (N-methyl/N-ethyl adjacent to an activating group) is 2. The Kier molecular flexibility index (Phi) is 8.53. The summed E-state index contributed by atoms with van der Waals surface area (Å²) in [6.07, 6.45) is 1.88. The van der Waals surface area contributed by atoms with E-state index in [0.29, 0.717) is 6.54 Å². The molecule has 31 heavy (non-hydrogen) atoms. The van der Waals surface area contributed by atoms with Gasteiger partial charge in [-0.3, -0.25) is 4.99 Å². The van der Waals surface area contributed by atoms with Crippen LogP contribution in [0.1, 0.15) is 18.1 Å². The number of anilines is 2.